The molecule has 0 aromatic carbocycles. The SMILES string of the molecule is C=CCC(C)(C)/C(=C/C(=N)N1C(=O)C(Cl)=C(C)C1O)NC. The molecule has 1 aliphatic heterocycles. The second kappa shape index (κ2) is 6.45. The number of rotatable bonds is 5. The van der Waals surface area contributed by atoms with Crippen molar-refractivity contribution in [1.82, 2.24) is 10.2 Å². The van der Waals surface area contributed by atoms with Gasteiger partial charge in [0, 0.05) is 29.8 Å². The van der Waals surface area contributed by atoms with Gasteiger partial charge in [-0.15, -0.1) is 6.58 Å². The van der Waals surface area contributed by atoms with Gasteiger partial charge in [0.15, 0.2) is 6.23 Å². The molecule has 3 N–H and O–H groups in total. The number of nitrogens with zero attached hydrogens (tertiary/aromatic N) is 1. The monoisotopic (exact) mass is 311 g/mol. The molecule has 0 spiro atoms. The van der Waals surface area contributed by atoms with Gasteiger partial charge in [0.05, 0.1) is 0 Å². The Kier molecular flexibility index (Phi) is 5.36. The molecule has 0 fully saturated rings. The summed E-state index contributed by atoms with van der Waals surface area (Å²) >= 11 is 5.84. The second-order valence-electron chi connectivity index (χ2n) is 5.62. The van der Waals surface area contributed by atoms with Crippen molar-refractivity contribution in [3.05, 3.63) is 35.0 Å². The summed E-state index contributed by atoms with van der Waals surface area (Å²) in [5.41, 5.74) is 0.868. The van der Waals surface area contributed by atoms with E-state index in [1.165, 1.54) is 6.08 Å². The topological polar surface area (TPSA) is 76.4 Å². The lowest BCUT2D eigenvalue weighted by atomic mass is 9.85. The van der Waals surface area contributed by atoms with Gasteiger partial charge in [-0.2, -0.15) is 0 Å². The van der Waals surface area contributed by atoms with Crippen LogP contribution in [0.4, 0.5) is 0 Å². The maximum Gasteiger partial charge on any atom is 0.273 e. The zero-order valence-corrected chi connectivity index (χ0v) is 13.6. The molecule has 0 saturated heterocycles. The van der Waals surface area contributed by atoms with Gasteiger partial charge >= 0.3 is 0 Å². The number of aliphatic hydroxyl groups is 1. The van der Waals surface area contributed by atoms with E-state index in [-0.39, 0.29) is 16.3 Å². The van der Waals surface area contributed by atoms with E-state index in [2.05, 4.69) is 11.9 Å². The summed E-state index contributed by atoms with van der Waals surface area (Å²) in [5.74, 6) is -0.663. The van der Waals surface area contributed by atoms with E-state index in [9.17, 15) is 9.90 Å². The van der Waals surface area contributed by atoms with E-state index in [1.54, 1.807) is 20.0 Å². The average molecular weight is 312 g/mol. The summed E-state index contributed by atoms with van der Waals surface area (Å²) in [4.78, 5) is 13.0. The Morgan fingerprint density at radius 2 is 2.19 bits per heavy atom. The smallest absolute Gasteiger partial charge is 0.273 e. The summed E-state index contributed by atoms with van der Waals surface area (Å²) in [6.07, 6.45) is 2.86. The summed E-state index contributed by atoms with van der Waals surface area (Å²) in [7, 11) is 1.75. The molecule has 21 heavy (non-hydrogen) atoms. The first-order chi connectivity index (χ1) is 9.67. The van der Waals surface area contributed by atoms with Crippen LogP contribution in [-0.2, 0) is 4.79 Å². The third kappa shape index (κ3) is 3.36. The summed E-state index contributed by atoms with van der Waals surface area (Å²) < 4.78 is 0. The van der Waals surface area contributed by atoms with Crippen LogP contribution in [0.3, 0.4) is 0 Å². The standard InChI is InChI=1S/C15H22ClN3O2/c1-6-7-15(3,4)10(18-5)8-11(17)19-13(20)9(2)12(16)14(19)21/h6,8,13,17-18,20H,1,7H2,2-5H3/b10-8-,17-11?. The van der Waals surface area contributed by atoms with Gasteiger partial charge in [-0.25, -0.2) is 0 Å². The fourth-order valence-corrected chi connectivity index (χ4v) is 2.41. The van der Waals surface area contributed by atoms with E-state index in [1.807, 2.05) is 13.8 Å². The van der Waals surface area contributed by atoms with E-state index in [0.717, 1.165) is 10.6 Å². The number of amides is 1. The van der Waals surface area contributed by atoms with Gasteiger partial charge in [0.25, 0.3) is 5.91 Å². The Labute approximate surface area is 130 Å². The van der Waals surface area contributed by atoms with E-state index < -0.39 is 12.1 Å². The summed E-state index contributed by atoms with van der Waals surface area (Å²) in [6, 6.07) is 0. The lowest BCUT2D eigenvalue weighted by molar-refractivity contribution is -0.125. The number of allylic oxidation sites excluding steroid dienone is 2. The van der Waals surface area contributed by atoms with Crippen LogP contribution >= 0.6 is 11.6 Å². The molecule has 1 heterocycles. The van der Waals surface area contributed by atoms with Crippen molar-refractivity contribution in [1.29, 1.82) is 5.41 Å². The summed E-state index contributed by atoms with van der Waals surface area (Å²) in [5, 5.41) is 21.1. The maximum atomic E-state index is 12.0. The molecule has 1 unspecified atom stereocenters. The fourth-order valence-electron chi connectivity index (χ4n) is 2.22. The molecule has 0 bridgehead atoms. The first-order valence-electron chi connectivity index (χ1n) is 6.64. The zero-order valence-electron chi connectivity index (χ0n) is 12.8. The van der Waals surface area contributed by atoms with Gasteiger partial charge in [-0.3, -0.25) is 15.1 Å². The Bertz CT molecular complexity index is 535. The number of hydrogen-bond donors (Lipinski definition) is 3. The number of halogens is 1. The Hall–Kier alpha value is -1.59. The maximum absolute atomic E-state index is 12.0. The number of nitrogens with one attached hydrogen (secondary N) is 2. The van der Waals surface area contributed by atoms with Crippen LogP contribution in [0.5, 0.6) is 0 Å². The number of aliphatic hydroxyl groups excluding tert-OH is 1. The third-order valence-electron chi connectivity index (χ3n) is 3.58. The quantitative estimate of drug-likeness (QED) is 0.414. The zero-order chi connectivity index (χ0) is 16.4. The molecular weight excluding hydrogens is 290 g/mol. The highest BCUT2D eigenvalue weighted by molar-refractivity contribution is 6.44. The molecule has 0 saturated carbocycles. The van der Waals surface area contributed by atoms with E-state index in [4.69, 9.17) is 17.0 Å². The van der Waals surface area contributed by atoms with Gasteiger partial charge in [0.1, 0.15) is 10.9 Å². The molecule has 5 nitrogen and oxygen atoms in total. The highest BCUT2D eigenvalue weighted by atomic mass is 35.5. The van der Waals surface area contributed by atoms with Crippen LogP contribution in [-0.4, -0.2) is 35.0 Å². The van der Waals surface area contributed by atoms with Crippen LogP contribution < -0.4 is 5.32 Å². The second-order valence-corrected chi connectivity index (χ2v) is 5.99. The molecule has 1 aliphatic rings. The van der Waals surface area contributed by atoms with Crippen molar-refractivity contribution in [2.45, 2.75) is 33.4 Å². The van der Waals surface area contributed by atoms with E-state index in [0.29, 0.717) is 12.0 Å². The van der Waals surface area contributed by atoms with Crippen molar-refractivity contribution in [2.75, 3.05) is 7.05 Å². The Balaban J connectivity index is 3.07. The van der Waals surface area contributed by atoms with Crippen LogP contribution in [0, 0.1) is 10.8 Å². The largest absolute Gasteiger partial charge is 0.391 e. The molecule has 0 aromatic heterocycles. The highest BCUT2D eigenvalue weighted by Gasteiger charge is 2.37. The Morgan fingerprint density at radius 1 is 1.62 bits per heavy atom. The molecular formula is C15H22ClN3O2. The fraction of sp³-hybridized carbons (Fsp3) is 0.467. The molecule has 6 heteroatoms. The minimum atomic E-state index is -1.19. The van der Waals surface area contributed by atoms with Crippen LogP contribution in [0.1, 0.15) is 27.2 Å². The van der Waals surface area contributed by atoms with Gasteiger partial charge in [-0.05, 0) is 13.3 Å². The minimum absolute atomic E-state index is 0.0305. The minimum Gasteiger partial charge on any atom is -0.391 e. The lowest BCUT2D eigenvalue weighted by Gasteiger charge is -2.28. The van der Waals surface area contributed by atoms with Crippen LogP contribution in [0.2, 0.25) is 0 Å². The molecule has 0 aromatic rings. The molecule has 1 rings (SSSR count). The first kappa shape index (κ1) is 17.5. The van der Waals surface area contributed by atoms with Crippen molar-refractivity contribution in [3.8, 4) is 0 Å². The molecule has 0 aliphatic carbocycles. The predicted molar refractivity (Wildman–Crippen MR) is 84.9 cm³/mol. The van der Waals surface area contributed by atoms with Gasteiger partial charge in [-0.1, -0.05) is 31.5 Å². The van der Waals surface area contributed by atoms with E-state index >= 15 is 0 Å². The molecule has 116 valence electrons. The number of carbonyl (C=O) groups is 1. The Morgan fingerprint density at radius 3 is 2.57 bits per heavy atom. The molecule has 0 radical (unpaired) electrons. The molecule has 1 amide bonds. The van der Waals surface area contributed by atoms with Crippen LogP contribution in [0.15, 0.2) is 35.0 Å². The number of carbonyl (C=O) groups excluding carboxylic acids is 1. The van der Waals surface area contributed by atoms with Crippen molar-refractivity contribution >= 4 is 23.3 Å². The predicted octanol–water partition coefficient (Wildman–Crippen LogP) is 2.34. The summed E-state index contributed by atoms with van der Waals surface area (Å²) in [6.45, 7) is 9.30. The van der Waals surface area contributed by atoms with Crippen molar-refractivity contribution in [2.24, 2.45) is 5.41 Å². The third-order valence-corrected chi connectivity index (χ3v) is 4.04. The van der Waals surface area contributed by atoms with Crippen molar-refractivity contribution in [3.63, 3.8) is 0 Å². The van der Waals surface area contributed by atoms with Crippen LogP contribution in [0.25, 0.3) is 0 Å². The lowest BCUT2D eigenvalue weighted by Crippen LogP contribution is -2.40. The number of amidine groups is 1. The number of hydrogen-bond acceptors (Lipinski definition) is 4. The highest BCUT2D eigenvalue weighted by Crippen LogP contribution is 2.31. The normalized spacial score (nSPS) is 20.1. The van der Waals surface area contributed by atoms with Crippen molar-refractivity contribution < 1.29 is 9.90 Å². The molecule has 1 atom stereocenters. The van der Waals surface area contributed by atoms with Gasteiger partial charge in [0.2, 0.25) is 0 Å². The average Bonchev–Trinajstić information content (AvgIpc) is 2.60. The van der Waals surface area contributed by atoms with Gasteiger partial charge < -0.3 is 10.4 Å². The first-order valence-corrected chi connectivity index (χ1v) is 7.02.